The average Bonchev–Trinajstić information content (AvgIpc) is 2.64. The van der Waals surface area contributed by atoms with Gasteiger partial charge in [-0.15, -0.1) is 11.3 Å². The first-order valence-corrected chi connectivity index (χ1v) is 6.40. The predicted octanol–water partition coefficient (Wildman–Crippen LogP) is 1.83. The normalized spacial score (nSPS) is 16.5. The Morgan fingerprint density at radius 3 is 3.00 bits per heavy atom. The second-order valence-corrected chi connectivity index (χ2v) is 5.09. The molecule has 3 nitrogen and oxygen atoms in total. The van der Waals surface area contributed by atoms with Crippen molar-refractivity contribution in [2.24, 2.45) is 0 Å². The van der Waals surface area contributed by atoms with Crippen molar-refractivity contribution < 1.29 is 4.74 Å². The molecular formula is C12H14N2OS. The highest BCUT2D eigenvalue weighted by Gasteiger charge is 2.16. The second-order valence-electron chi connectivity index (χ2n) is 3.98. The smallest absolute Gasteiger partial charge is 0.0961 e. The van der Waals surface area contributed by atoms with E-state index in [4.69, 9.17) is 4.74 Å². The lowest BCUT2D eigenvalue weighted by molar-refractivity contribution is 0.0208. The van der Waals surface area contributed by atoms with Crippen molar-refractivity contribution in [3.63, 3.8) is 0 Å². The summed E-state index contributed by atoms with van der Waals surface area (Å²) < 4.78 is 6.95. The van der Waals surface area contributed by atoms with Gasteiger partial charge in [0, 0.05) is 19.5 Å². The summed E-state index contributed by atoms with van der Waals surface area (Å²) in [5.74, 6) is 0. The first kappa shape index (κ1) is 10.2. The highest BCUT2D eigenvalue weighted by molar-refractivity contribution is 7.18. The minimum atomic E-state index is 0.425. The van der Waals surface area contributed by atoms with Crippen LogP contribution in [0.5, 0.6) is 0 Å². The molecule has 2 heterocycles. The number of fused-ring (bicyclic) bond motifs is 1. The molecule has 84 valence electrons. The molecule has 0 atom stereocenters. The molecule has 2 aromatic rings. The van der Waals surface area contributed by atoms with Gasteiger partial charge in [-0.1, -0.05) is 12.1 Å². The summed E-state index contributed by atoms with van der Waals surface area (Å²) in [5, 5.41) is 4.37. The van der Waals surface area contributed by atoms with Crippen LogP contribution in [0.4, 0.5) is 0 Å². The number of benzene rings is 1. The van der Waals surface area contributed by atoms with E-state index in [0.29, 0.717) is 6.10 Å². The molecule has 0 unspecified atom stereocenters. The summed E-state index contributed by atoms with van der Waals surface area (Å²) in [6.45, 7) is 2.78. The van der Waals surface area contributed by atoms with E-state index in [1.807, 2.05) is 6.07 Å². The standard InChI is InChI=1S/C12H14N2OS/c1-2-4-11-10(3-1)14-12(16-11)5-6-15-9-7-13-8-9/h1-4,9,13H,5-8H2. The summed E-state index contributed by atoms with van der Waals surface area (Å²) in [6, 6.07) is 8.27. The zero-order valence-corrected chi connectivity index (χ0v) is 9.80. The van der Waals surface area contributed by atoms with Gasteiger partial charge in [-0.2, -0.15) is 0 Å². The number of ether oxygens (including phenoxy) is 1. The van der Waals surface area contributed by atoms with Gasteiger partial charge in [0.2, 0.25) is 0 Å². The number of hydrogen-bond donors (Lipinski definition) is 1. The maximum Gasteiger partial charge on any atom is 0.0961 e. The van der Waals surface area contributed by atoms with Crippen LogP contribution in [0.2, 0.25) is 0 Å². The Morgan fingerprint density at radius 2 is 2.25 bits per heavy atom. The fourth-order valence-electron chi connectivity index (χ4n) is 1.72. The van der Waals surface area contributed by atoms with Crippen LogP contribution in [-0.2, 0) is 11.2 Å². The van der Waals surface area contributed by atoms with E-state index in [2.05, 4.69) is 28.5 Å². The van der Waals surface area contributed by atoms with Crippen LogP contribution in [0.25, 0.3) is 10.2 Å². The van der Waals surface area contributed by atoms with Gasteiger partial charge < -0.3 is 10.1 Å². The Kier molecular flexibility index (Phi) is 2.86. The van der Waals surface area contributed by atoms with Crippen LogP contribution in [0.3, 0.4) is 0 Å². The van der Waals surface area contributed by atoms with Crippen LogP contribution in [0.1, 0.15) is 5.01 Å². The van der Waals surface area contributed by atoms with Gasteiger partial charge in [0.15, 0.2) is 0 Å². The molecular weight excluding hydrogens is 220 g/mol. The lowest BCUT2D eigenvalue weighted by Crippen LogP contribution is -2.48. The molecule has 1 aliphatic rings. The SMILES string of the molecule is c1ccc2sc(CCOC3CNC3)nc2c1. The zero-order chi connectivity index (χ0) is 10.8. The van der Waals surface area contributed by atoms with Gasteiger partial charge in [-0.25, -0.2) is 4.98 Å². The first-order valence-electron chi connectivity index (χ1n) is 5.58. The predicted molar refractivity (Wildman–Crippen MR) is 65.9 cm³/mol. The number of thiazole rings is 1. The van der Waals surface area contributed by atoms with E-state index < -0.39 is 0 Å². The van der Waals surface area contributed by atoms with Crippen LogP contribution >= 0.6 is 11.3 Å². The molecule has 16 heavy (non-hydrogen) atoms. The number of hydrogen-bond acceptors (Lipinski definition) is 4. The fourth-order valence-corrected chi connectivity index (χ4v) is 2.67. The second kappa shape index (κ2) is 4.49. The van der Waals surface area contributed by atoms with Crippen LogP contribution in [-0.4, -0.2) is 30.8 Å². The van der Waals surface area contributed by atoms with E-state index in [-0.39, 0.29) is 0 Å². The minimum absolute atomic E-state index is 0.425. The molecule has 1 fully saturated rings. The molecule has 1 aromatic carbocycles. The Hall–Kier alpha value is -0.970. The monoisotopic (exact) mass is 234 g/mol. The first-order chi connectivity index (χ1) is 7.92. The van der Waals surface area contributed by atoms with Gasteiger partial charge in [0.05, 0.1) is 27.9 Å². The Balaban J connectivity index is 1.60. The van der Waals surface area contributed by atoms with Crippen molar-refractivity contribution in [3.8, 4) is 0 Å². The number of nitrogens with zero attached hydrogens (tertiary/aromatic N) is 1. The summed E-state index contributed by atoms with van der Waals surface area (Å²) in [7, 11) is 0. The molecule has 0 aliphatic carbocycles. The Bertz CT molecular complexity index is 446. The van der Waals surface area contributed by atoms with Crippen molar-refractivity contribution in [1.82, 2.24) is 10.3 Å². The van der Waals surface area contributed by atoms with Gasteiger partial charge in [-0.3, -0.25) is 0 Å². The van der Waals surface area contributed by atoms with Crippen molar-refractivity contribution in [2.45, 2.75) is 12.5 Å². The van der Waals surface area contributed by atoms with Crippen molar-refractivity contribution in [1.29, 1.82) is 0 Å². The van der Waals surface area contributed by atoms with E-state index in [9.17, 15) is 0 Å². The lowest BCUT2D eigenvalue weighted by atomic mass is 10.2. The minimum Gasteiger partial charge on any atom is -0.375 e. The molecule has 1 aliphatic heterocycles. The quantitative estimate of drug-likeness (QED) is 0.876. The van der Waals surface area contributed by atoms with Crippen LogP contribution < -0.4 is 5.32 Å². The Morgan fingerprint density at radius 1 is 1.38 bits per heavy atom. The fraction of sp³-hybridized carbons (Fsp3) is 0.417. The highest BCUT2D eigenvalue weighted by Crippen LogP contribution is 2.21. The van der Waals surface area contributed by atoms with Gasteiger partial charge in [0.1, 0.15) is 0 Å². The van der Waals surface area contributed by atoms with Crippen LogP contribution in [0, 0.1) is 0 Å². The molecule has 1 N–H and O–H groups in total. The number of nitrogens with one attached hydrogen (secondary N) is 1. The Labute approximate surface area is 98.5 Å². The van der Waals surface area contributed by atoms with E-state index in [1.165, 1.54) is 9.71 Å². The van der Waals surface area contributed by atoms with Crippen molar-refractivity contribution >= 4 is 21.6 Å². The highest BCUT2D eigenvalue weighted by atomic mass is 32.1. The van der Waals surface area contributed by atoms with Crippen molar-refractivity contribution in [3.05, 3.63) is 29.3 Å². The third kappa shape index (κ3) is 2.09. The molecule has 0 bridgehead atoms. The number of para-hydroxylation sites is 1. The summed E-state index contributed by atoms with van der Waals surface area (Å²) in [4.78, 5) is 4.58. The third-order valence-electron chi connectivity index (χ3n) is 2.75. The number of rotatable bonds is 4. The molecule has 0 spiro atoms. The van der Waals surface area contributed by atoms with Gasteiger partial charge >= 0.3 is 0 Å². The maximum absolute atomic E-state index is 5.68. The molecule has 0 saturated carbocycles. The largest absolute Gasteiger partial charge is 0.375 e. The summed E-state index contributed by atoms with van der Waals surface area (Å²) >= 11 is 1.77. The molecule has 0 amide bonds. The van der Waals surface area contributed by atoms with Crippen LogP contribution in [0.15, 0.2) is 24.3 Å². The molecule has 3 rings (SSSR count). The van der Waals surface area contributed by atoms with Gasteiger partial charge in [0.25, 0.3) is 0 Å². The maximum atomic E-state index is 5.68. The third-order valence-corrected chi connectivity index (χ3v) is 3.85. The molecule has 1 saturated heterocycles. The molecule has 0 radical (unpaired) electrons. The van der Waals surface area contributed by atoms with E-state index >= 15 is 0 Å². The lowest BCUT2D eigenvalue weighted by Gasteiger charge is -2.26. The van der Waals surface area contributed by atoms with E-state index in [1.54, 1.807) is 11.3 Å². The summed E-state index contributed by atoms with van der Waals surface area (Å²) in [6.07, 6.45) is 1.35. The van der Waals surface area contributed by atoms with Crippen molar-refractivity contribution in [2.75, 3.05) is 19.7 Å². The van der Waals surface area contributed by atoms with Gasteiger partial charge in [-0.05, 0) is 12.1 Å². The zero-order valence-electron chi connectivity index (χ0n) is 8.98. The van der Waals surface area contributed by atoms with E-state index in [0.717, 1.165) is 31.6 Å². The molecule has 4 heteroatoms. The number of aromatic nitrogens is 1. The molecule has 1 aromatic heterocycles. The topological polar surface area (TPSA) is 34.1 Å². The average molecular weight is 234 g/mol. The summed E-state index contributed by atoms with van der Waals surface area (Å²) in [5.41, 5.74) is 1.10.